The molecule has 2 aromatic rings. The number of halogens is 5. The number of nitro groups is 1. The number of nitrogens with one attached hydrogen (secondary N) is 1. The van der Waals surface area contributed by atoms with E-state index < -0.39 is 51.1 Å². The first-order valence-corrected chi connectivity index (χ1v) is 8.00. The standard InChI is InChI=1S/C18H11ClF4N2O2/c1-8-4-12(11-3-2-9(20)5-13(11)19)18(25(26)27)17(24-8)16-14(22)6-10(21)7-15(16)23/h2-7,12,24H,1H3. The predicted molar refractivity (Wildman–Crippen MR) is 91.3 cm³/mol. The van der Waals surface area contributed by atoms with Gasteiger partial charge < -0.3 is 5.32 Å². The summed E-state index contributed by atoms with van der Waals surface area (Å²) in [6.45, 7) is 1.53. The van der Waals surface area contributed by atoms with Crippen molar-refractivity contribution in [1.29, 1.82) is 0 Å². The zero-order valence-electron chi connectivity index (χ0n) is 13.7. The Hall–Kier alpha value is -2.87. The number of hydrogen-bond acceptors (Lipinski definition) is 3. The van der Waals surface area contributed by atoms with Crippen molar-refractivity contribution in [3.8, 4) is 0 Å². The molecule has 0 aliphatic carbocycles. The van der Waals surface area contributed by atoms with Crippen LogP contribution in [0.4, 0.5) is 17.6 Å². The highest BCUT2D eigenvalue weighted by Crippen LogP contribution is 2.39. The van der Waals surface area contributed by atoms with Crippen LogP contribution in [0.2, 0.25) is 5.02 Å². The van der Waals surface area contributed by atoms with Crippen LogP contribution < -0.4 is 5.32 Å². The fourth-order valence-corrected chi connectivity index (χ4v) is 3.24. The maximum atomic E-state index is 14.2. The molecule has 0 fully saturated rings. The van der Waals surface area contributed by atoms with Gasteiger partial charge in [-0.3, -0.25) is 10.1 Å². The highest BCUT2D eigenvalue weighted by molar-refractivity contribution is 6.31. The van der Waals surface area contributed by atoms with Gasteiger partial charge in [-0.2, -0.15) is 0 Å². The summed E-state index contributed by atoms with van der Waals surface area (Å²) in [7, 11) is 0. The lowest BCUT2D eigenvalue weighted by Crippen LogP contribution is -2.26. The molecule has 4 nitrogen and oxygen atoms in total. The molecule has 0 aromatic heterocycles. The lowest BCUT2D eigenvalue weighted by atomic mass is 9.89. The Morgan fingerprint density at radius 3 is 2.26 bits per heavy atom. The second-order valence-electron chi connectivity index (χ2n) is 5.88. The van der Waals surface area contributed by atoms with Crippen LogP contribution in [0, 0.1) is 33.4 Å². The van der Waals surface area contributed by atoms with E-state index in [4.69, 9.17) is 11.6 Å². The molecular formula is C18H11ClF4N2O2. The average Bonchev–Trinajstić information content (AvgIpc) is 2.52. The van der Waals surface area contributed by atoms with Crippen molar-refractivity contribution < 1.29 is 22.5 Å². The molecule has 1 aliphatic rings. The lowest BCUT2D eigenvalue weighted by Gasteiger charge is -2.24. The normalized spacial score (nSPS) is 16.8. The Labute approximate surface area is 155 Å². The smallest absolute Gasteiger partial charge is 0.281 e. The molecular weight excluding hydrogens is 388 g/mol. The molecule has 140 valence electrons. The minimum Gasteiger partial charge on any atom is -0.353 e. The van der Waals surface area contributed by atoms with Gasteiger partial charge in [0.25, 0.3) is 5.70 Å². The van der Waals surface area contributed by atoms with E-state index in [1.807, 2.05) is 0 Å². The van der Waals surface area contributed by atoms with E-state index in [-0.39, 0.29) is 10.6 Å². The van der Waals surface area contributed by atoms with Crippen LogP contribution >= 0.6 is 11.6 Å². The third-order valence-corrected chi connectivity index (χ3v) is 4.37. The SMILES string of the molecule is CC1=CC(c2ccc(F)cc2Cl)C([N+](=O)[O-])=C(c2c(F)cc(F)cc2F)N1. The number of dihydropyridines is 1. The van der Waals surface area contributed by atoms with E-state index in [2.05, 4.69) is 5.32 Å². The van der Waals surface area contributed by atoms with Gasteiger partial charge in [0.05, 0.1) is 16.4 Å². The molecule has 1 aliphatic heterocycles. The first-order chi connectivity index (χ1) is 12.7. The van der Waals surface area contributed by atoms with Gasteiger partial charge in [-0.1, -0.05) is 17.7 Å². The molecule has 0 amide bonds. The Bertz CT molecular complexity index is 997. The van der Waals surface area contributed by atoms with E-state index in [1.54, 1.807) is 0 Å². The van der Waals surface area contributed by atoms with Crippen LogP contribution in [0.5, 0.6) is 0 Å². The topological polar surface area (TPSA) is 55.2 Å². The van der Waals surface area contributed by atoms with E-state index in [0.717, 1.165) is 12.1 Å². The monoisotopic (exact) mass is 398 g/mol. The molecule has 2 aromatic carbocycles. The van der Waals surface area contributed by atoms with Gasteiger partial charge in [0, 0.05) is 22.9 Å². The summed E-state index contributed by atoms with van der Waals surface area (Å²) in [5, 5.41) is 14.2. The Morgan fingerprint density at radius 1 is 1.07 bits per heavy atom. The zero-order valence-corrected chi connectivity index (χ0v) is 14.5. The summed E-state index contributed by atoms with van der Waals surface area (Å²) in [4.78, 5) is 10.9. The minimum absolute atomic E-state index is 0.0790. The first kappa shape index (κ1) is 18.9. The van der Waals surface area contributed by atoms with Crippen LogP contribution in [-0.4, -0.2) is 4.92 Å². The Morgan fingerprint density at radius 2 is 1.70 bits per heavy atom. The quantitative estimate of drug-likeness (QED) is 0.443. The summed E-state index contributed by atoms with van der Waals surface area (Å²) in [5.74, 6) is -5.49. The number of nitrogens with zero attached hydrogens (tertiary/aromatic N) is 1. The summed E-state index contributed by atoms with van der Waals surface area (Å²) < 4.78 is 55.1. The molecule has 3 rings (SSSR count). The van der Waals surface area contributed by atoms with E-state index in [1.165, 1.54) is 19.1 Å². The minimum atomic E-state index is -1.30. The van der Waals surface area contributed by atoms with Gasteiger partial charge in [-0.05, 0) is 30.7 Å². The van der Waals surface area contributed by atoms with E-state index in [0.29, 0.717) is 17.8 Å². The van der Waals surface area contributed by atoms with Crippen molar-refractivity contribution in [1.82, 2.24) is 5.32 Å². The molecule has 0 bridgehead atoms. The van der Waals surface area contributed by atoms with Crippen LogP contribution in [0.15, 0.2) is 47.8 Å². The molecule has 0 saturated carbocycles. The molecule has 27 heavy (non-hydrogen) atoms. The van der Waals surface area contributed by atoms with Gasteiger partial charge in [0.2, 0.25) is 0 Å². The number of hydrogen-bond donors (Lipinski definition) is 1. The van der Waals surface area contributed by atoms with Crippen molar-refractivity contribution in [3.05, 3.63) is 97.3 Å². The Kier molecular flexibility index (Phi) is 4.93. The molecule has 1 heterocycles. The summed E-state index contributed by atoms with van der Waals surface area (Å²) in [6.07, 6.45) is 1.43. The molecule has 0 saturated heterocycles. The second kappa shape index (κ2) is 7.03. The molecule has 1 atom stereocenters. The van der Waals surface area contributed by atoms with Crippen LogP contribution in [0.1, 0.15) is 24.0 Å². The molecule has 0 radical (unpaired) electrons. The number of rotatable bonds is 3. The number of benzene rings is 2. The molecule has 1 N–H and O–H groups in total. The fraction of sp³-hybridized carbons (Fsp3) is 0.111. The zero-order chi connectivity index (χ0) is 19.9. The van der Waals surface area contributed by atoms with Gasteiger partial charge in [0.1, 0.15) is 29.0 Å². The molecule has 0 spiro atoms. The van der Waals surface area contributed by atoms with Crippen molar-refractivity contribution in [2.75, 3.05) is 0 Å². The second-order valence-corrected chi connectivity index (χ2v) is 6.29. The van der Waals surface area contributed by atoms with Gasteiger partial charge in [-0.15, -0.1) is 0 Å². The highest BCUT2D eigenvalue weighted by atomic mass is 35.5. The highest BCUT2D eigenvalue weighted by Gasteiger charge is 2.37. The lowest BCUT2D eigenvalue weighted by molar-refractivity contribution is -0.428. The van der Waals surface area contributed by atoms with Gasteiger partial charge in [0.15, 0.2) is 0 Å². The van der Waals surface area contributed by atoms with Crippen molar-refractivity contribution in [2.45, 2.75) is 12.8 Å². The third-order valence-electron chi connectivity index (χ3n) is 4.04. The van der Waals surface area contributed by atoms with E-state index >= 15 is 0 Å². The van der Waals surface area contributed by atoms with Crippen LogP contribution in [0.25, 0.3) is 5.70 Å². The fourth-order valence-electron chi connectivity index (χ4n) is 2.95. The maximum Gasteiger partial charge on any atom is 0.281 e. The van der Waals surface area contributed by atoms with Crippen molar-refractivity contribution >= 4 is 17.3 Å². The predicted octanol–water partition coefficient (Wildman–Crippen LogP) is 5.13. The average molecular weight is 399 g/mol. The van der Waals surface area contributed by atoms with Gasteiger partial charge >= 0.3 is 0 Å². The van der Waals surface area contributed by atoms with Crippen LogP contribution in [-0.2, 0) is 0 Å². The van der Waals surface area contributed by atoms with Crippen molar-refractivity contribution in [3.63, 3.8) is 0 Å². The largest absolute Gasteiger partial charge is 0.353 e. The van der Waals surface area contributed by atoms with Gasteiger partial charge in [-0.25, -0.2) is 17.6 Å². The molecule has 9 heteroatoms. The number of allylic oxidation sites excluding steroid dienone is 2. The van der Waals surface area contributed by atoms with Crippen molar-refractivity contribution in [2.24, 2.45) is 0 Å². The summed E-state index contributed by atoms with van der Waals surface area (Å²) in [6, 6.07) is 4.17. The summed E-state index contributed by atoms with van der Waals surface area (Å²) >= 11 is 6.03. The molecule has 1 unspecified atom stereocenters. The third kappa shape index (κ3) is 3.52. The Balaban J connectivity index is 2.29. The maximum absolute atomic E-state index is 14.2. The van der Waals surface area contributed by atoms with Crippen LogP contribution in [0.3, 0.4) is 0 Å². The first-order valence-electron chi connectivity index (χ1n) is 7.63. The summed E-state index contributed by atoms with van der Waals surface area (Å²) in [5.41, 5.74) is -1.28. The van der Waals surface area contributed by atoms with E-state index in [9.17, 15) is 27.7 Å².